The van der Waals surface area contributed by atoms with E-state index in [1.54, 1.807) is 18.2 Å². The van der Waals surface area contributed by atoms with E-state index in [0.717, 1.165) is 25.2 Å². The number of rotatable bonds is 14. The highest BCUT2D eigenvalue weighted by Gasteiger charge is 2.21. The van der Waals surface area contributed by atoms with Crippen LogP contribution in [-0.2, 0) is 14.3 Å². The Kier molecular flexibility index (Phi) is 11.5. The second-order valence-electron chi connectivity index (χ2n) is 9.30. The molecule has 1 N–H and O–H groups in total. The summed E-state index contributed by atoms with van der Waals surface area (Å²) in [5.74, 6) is 1.43. The van der Waals surface area contributed by atoms with Crippen LogP contribution in [0.15, 0.2) is 30.3 Å². The Bertz CT molecular complexity index is 1100. The van der Waals surface area contributed by atoms with Gasteiger partial charge in [-0.25, -0.2) is 4.79 Å². The molecule has 0 radical (unpaired) electrons. The molecule has 10 heteroatoms. The lowest BCUT2D eigenvalue weighted by molar-refractivity contribution is -0.119. The lowest BCUT2D eigenvalue weighted by atomic mass is 10.1. The Balaban J connectivity index is 1.67. The van der Waals surface area contributed by atoms with Crippen molar-refractivity contribution in [1.82, 2.24) is 0 Å². The third-order valence-electron chi connectivity index (χ3n) is 5.97. The zero-order chi connectivity index (χ0) is 28.2. The van der Waals surface area contributed by atoms with E-state index >= 15 is 0 Å². The maximum Gasteiger partial charge on any atom is 0.338 e. The molecule has 0 unspecified atom stereocenters. The van der Waals surface area contributed by atoms with Gasteiger partial charge >= 0.3 is 5.97 Å². The number of hydrogen-bond donors (Lipinski definition) is 1. The molecule has 0 atom stereocenters. The molecule has 2 aromatic rings. The van der Waals surface area contributed by atoms with Crippen molar-refractivity contribution >= 4 is 23.3 Å². The molecule has 0 bridgehead atoms. The topological polar surface area (TPSA) is 105 Å². The third kappa shape index (κ3) is 8.68. The van der Waals surface area contributed by atoms with Crippen LogP contribution in [-0.4, -0.2) is 71.7 Å². The minimum Gasteiger partial charge on any atom is -0.493 e. The largest absolute Gasteiger partial charge is 0.493 e. The SMILES string of the molecule is CCOc1cc(N2CCOCC2)c(OCC)cc1NC(=O)COC(=O)c1ccc(OCCC(C)C)c(OC)c1. The first-order chi connectivity index (χ1) is 18.9. The number of morpholine rings is 1. The molecule has 3 rings (SSSR count). The van der Waals surface area contributed by atoms with Gasteiger partial charge in [0.25, 0.3) is 5.91 Å². The lowest BCUT2D eigenvalue weighted by Crippen LogP contribution is -2.36. The molecule has 214 valence electrons. The number of benzene rings is 2. The molecule has 1 heterocycles. The Hall–Kier alpha value is -3.66. The normalized spacial score (nSPS) is 13.1. The van der Waals surface area contributed by atoms with E-state index in [9.17, 15) is 9.59 Å². The summed E-state index contributed by atoms with van der Waals surface area (Å²) in [7, 11) is 1.50. The Morgan fingerprint density at radius 1 is 0.949 bits per heavy atom. The molecule has 0 saturated carbocycles. The fraction of sp³-hybridized carbons (Fsp3) is 0.517. The first-order valence-corrected chi connectivity index (χ1v) is 13.4. The van der Waals surface area contributed by atoms with Gasteiger partial charge < -0.3 is 38.6 Å². The van der Waals surface area contributed by atoms with E-state index in [4.69, 9.17) is 28.4 Å². The maximum absolute atomic E-state index is 12.8. The molecule has 0 spiro atoms. The van der Waals surface area contributed by atoms with Crippen LogP contribution in [0.25, 0.3) is 0 Å². The van der Waals surface area contributed by atoms with Crippen molar-refractivity contribution in [3.8, 4) is 23.0 Å². The number of anilines is 2. The van der Waals surface area contributed by atoms with Crippen LogP contribution in [0.3, 0.4) is 0 Å². The Morgan fingerprint density at radius 3 is 2.33 bits per heavy atom. The average molecular weight is 545 g/mol. The van der Waals surface area contributed by atoms with Crippen LogP contribution in [0, 0.1) is 5.92 Å². The zero-order valence-electron chi connectivity index (χ0n) is 23.5. The number of carbonyl (C=O) groups is 2. The van der Waals surface area contributed by atoms with Crippen LogP contribution in [0.2, 0.25) is 0 Å². The fourth-order valence-corrected chi connectivity index (χ4v) is 3.96. The minimum absolute atomic E-state index is 0.249. The van der Waals surface area contributed by atoms with Crippen molar-refractivity contribution in [2.75, 3.05) is 70.1 Å². The van der Waals surface area contributed by atoms with Crippen LogP contribution in [0.1, 0.15) is 44.5 Å². The van der Waals surface area contributed by atoms with Gasteiger partial charge in [0.1, 0.15) is 11.5 Å². The number of methoxy groups -OCH3 is 1. The standard InChI is InChI=1S/C29H40N2O8/c1-6-36-25-18-23(31-11-14-35-15-12-31)26(37-7-2)17-22(25)30-28(32)19-39-29(33)21-8-9-24(27(16-21)34-5)38-13-10-20(3)4/h8-9,16-18,20H,6-7,10-15,19H2,1-5H3,(H,30,32). The van der Waals surface area contributed by atoms with E-state index in [1.165, 1.54) is 13.2 Å². The predicted molar refractivity (Wildman–Crippen MR) is 149 cm³/mol. The van der Waals surface area contributed by atoms with Gasteiger partial charge in [0.2, 0.25) is 0 Å². The third-order valence-corrected chi connectivity index (χ3v) is 5.97. The lowest BCUT2D eigenvalue weighted by Gasteiger charge is -2.31. The van der Waals surface area contributed by atoms with E-state index in [1.807, 2.05) is 19.9 Å². The predicted octanol–water partition coefficient (Wildman–Crippen LogP) is 4.55. The highest BCUT2D eigenvalue weighted by atomic mass is 16.5. The number of nitrogens with zero attached hydrogens (tertiary/aromatic N) is 1. The van der Waals surface area contributed by atoms with Crippen molar-refractivity contribution in [1.29, 1.82) is 0 Å². The van der Waals surface area contributed by atoms with Crippen molar-refractivity contribution < 1.29 is 38.0 Å². The quantitative estimate of drug-likeness (QED) is 0.343. The summed E-state index contributed by atoms with van der Waals surface area (Å²) in [6, 6.07) is 8.38. The van der Waals surface area contributed by atoms with Crippen molar-refractivity contribution in [2.45, 2.75) is 34.1 Å². The Morgan fingerprint density at radius 2 is 1.67 bits per heavy atom. The molecule has 2 aromatic carbocycles. The number of nitrogens with one attached hydrogen (secondary N) is 1. The highest BCUT2D eigenvalue weighted by Crippen LogP contribution is 2.39. The summed E-state index contributed by atoms with van der Waals surface area (Å²) >= 11 is 0. The Labute approximate surface area is 230 Å². The summed E-state index contributed by atoms with van der Waals surface area (Å²) in [6.45, 7) is 11.6. The summed E-state index contributed by atoms with van der Waals surface area (Å²) in [5, 5.41) is 2.79. The van der Waals surface area contributed by atoms with Crippen molar-refractivity contribution in [2.24, 2.45) is 5.92 Å². The molecule has 10 nitrogen and oxygen atoms in total. The summed E-state index contributed by atoms with van der Waals surface area (Å²) < 4.78 is 33.6. The second-order valence-corrected chi connectivity index (χ2v) is 9.30. The van der Waals surface area contributed by atoms with Gasteiger partial charge in [-0.15, -0.1) is 0 Å². The molecule has 0 aromatic heterocycles. The van der Waals surface area contributed by atoms with Crippen LogP contribution in [0.5, 0.6) is 23.0 Å². The number of amides is 1. The van der Waals surface area contributed by atoms with Gasteiger partial charge in [-0.05, 0) is 44.4 Å². The average Bonchev–Trinajstić information content (AvgIpc) is 2.93. The van der Waals surface area contributed by atoms with Gasteiger partial charge in [-0.1, -0.05) is 13.8 Å². The number of carbonyl (C=O) groups excluding carboxylic acids is 2. The van der Waals surface area contributed by atoms with Crippen molar-refractivity contribution in [3.05, 3.63) is 35.9 Å². The van der Waals surface area contributed by atoms with Gasteiger partial charge in [0.15, 0.2) is 18.1 Å². The molecule has 1 aliphatic rings. The summed E-state index contributed by atoms with van der Waals surface area (Å²) in [4.78, 5) is 27.6. The molecule has 1 amide bonds. The van der Waals surface area contributed by atoms with Crippen molar-refractivity contribution in [3.63, 3.8) is 0 Å². The number of hydrogen-bond acceptors (Lipinski definition) is 9. The van der Waals surface area contributed by atoms with Crippen LogP contribution < -0.4 is 29.2 Å². The molecular weight excluding hydrogens is 504 g/mol. The van der Waals surface area contributed by atoms with Crippen LogP contribution >= 0.6 is 0 Å². The maximum atomic E-state index is 12.8. The second kappa shape index (κ2) is 15.1. The monoisotopic (exact) mass is 544 g/mol. The van der Waals surface area contributed by atoms with Gasteiger partial charge in [-0.2, -0.15) is 0 Å². The van der Waals surface area contributed by atoms with Gasteiger partial charge in [-0.3, -0.25) is 4.79 Å². The van der Waals surface area contributed by atoms with E-state index in [2.05, 4.69) is 24.1 Å². The molecule has 0 aliphatic carbocycles. The first kappa shape index (κ1) is 29.9. The first-order valence-electron chi connectivity index (χ1n) is 13.4. The summed E-state index contributed by atoms with van der Waals surface area (Å²) in [5.41, 5.74) is 1.56. The molecular formula is C29H40N2O8. The van der Waals surface area contributed by atoms with E-state index in [-0.39, 0.29) is 5.56 Å². The van der Waals surface area contributed by atoms with Gasteiger partial charge in [0.05, 0.1) is 57.1 Å². The summed E-state index contributed by atoms with van der Waals surface area (Å²) in [6.07, 6.45) is 0.898. The molecule has 1 saturated heterocycles. The smallest absolute Gasteiger partial charge is 0.338 e. The highest BCUT2D eigenvalue weighted by molar-refractivity contribution is 5.97. The van der Waals surface area contributed by atoms with Crippen LogP contribution in [0.4, 0.5) is 11.4 Å². The molecule has 1 fully saturated rings. The number of ether oxygens (including phenoxy) is 6. The van der Waals surface area contributed by atoms with Gasteiger partial charge in [0, 0.05) is 25.2 Å². The van der Waals surface area contributed by atoms with E-state index in [0.29, 0.717) is 67.6 Å². The zero-order valence-corrected chi connectivity index (χ0v) is 23.5. The minimum atomic E-state index is -0.653. The molecule has 1 aliphatic heterocycles. The number of esters is 1. The fourth-order valence-electron chi connectivity index (χ4n) is 3.96. The van der Waals surface area contributed by atoms with E-state index < -0.39 is 18.5 Å². The molecule has 39 heavy (non-hydrogen) atoms.